The molecule has 0 aliphatic heterocycles. The van der Waals surface area contributed by atoms with Crippen molar-refractivity contribution in [2.24, 2.45) is 5.73 Å². The third-order valence-electron chi connectivity index (χ3n) is 2.84. The number of rotatable bonds is 3. The molecular weight excluding hydrogens is 336 g/mol. The van der Waals surface area contributed by atoms with Gasteiger partial charge in [0.05, 0.1) is 4.47 Å². The molecule has 0 radical (unpaired) electrons. The third kappa shape index (κ3) is 3.32. The van der Waals surface area contributed by atoms with Crippen molar-refractivity contribution in [3.8, 4) is 0 Å². The number of nitrogens with two attached hydrogens (primary N) is 1. The predicted octanol–water partition coefficient (Wildman–Crippen LogP) is 4.62. The maximum atomic E-state index is 13.8. The van der Waals surface area contributed by atoms with Gasteiger partial charge in [0.25, 0.3) is 0 Å². The molecule has 0 saturated heterocycles. The minimum absolute atomic E-state index is 0.0821. The summed E-state index contributed by atoms with van der Waals surface area (Å²) in [6, 6.07) is 8.72. The van der Waals surface area contributed by atoms with Crippen LogP contribution in [0.1, 0.15) is 17.2 Å². The Morgan fingerprint density at radius 1 is 1.16 bits per heavy atom. The van der Waals surface area contributed by atoms with Crippen molar-refractivity contribution in [2.75, 3.05) is 0 Å². The van der Waals surface area contributed by atoms with Crippen LogP contribution in [0.15, 0.2) is 40.9 Å². The van der Waals surface area contributed by atoms with E-state index in [0.717, 1.165) is 17.7 Å². The Bertz CT molecular complexity index is 604. The maximum Gasteiger partial charge on any atom is 0.137 e. The Morgan fingerprint density at radius 3 is 2.53 bits per heavy atom. The van der Waals surface area contributed by atoms with Crippen LogP contribution in [0.25, 0.3) is 0 Å². The fourth-order valence-electron chi connectivity index (χ4n) is 1.83. The van der Waals surface area contributed by atoms with Gasteiger partial charge in [-0.3, -0.25) is 0 Å². The Hall–Kier alpha value is -0.970. The first-order chi connectivity index (χ1) is 8.99. The molecule has 0 aromatic heterocycles. The lowest BCUT2D eigenvalue weighted by Crippen LogP contribution is -2.15. The second-order valence-corrected chi connectivity index (χ2v) is 5.45. The van der Waals surface area contributed by atoms with Gasteiger partial charge in [0.1, 0.15) is 11.6 Å². The molecule has 1 atom stereocenters. The van der Waals surface area contributed by atoms with E-state index in [0.29, 0.717) is 11.4 Å². The molecule has 0 saturated carbocycles. The van der Waals surface area contributed by atoms with Crippen molar-refractivity contribution in [2.45, 2.75) is 12.5 Å². The molecule has 100 valence electrons. The van der Waals surface area contributed by atoms with E-state index in [1.54, 1.807) is 12.1 Å². The molecule has 1 unspecified atom stereocenters. The Kier molecular flexibility index (Phi) is 4.55. The fourth-order valence-corrected chi connectivity index (χ4v) is 2.36. The molecule has 0 aliphatic rings. The first kappa shape index (κ1) is 14.4. The van der Waals surface area contributed by atoms with Gasteiger partial charge in [-0.15, -0.1) is 0 Å². The summed E-state index contributed by atoms with van der Waals surface area (Å²) in [5, 5.41) is 0.566. The highest BCUT2D eigenvalue weighted by Crippen LogP contribution is 2.27. The zero-order valence-corrected chi connectivity index (χ0v) is 12.2. The largest absolute Gasteiger partial charge is 0.324 e. The molecule has 0 fully saturated rings. The summed E-state index contributed by atoms with van der Waals surface area (Å²) < 4.78 is 27.3. The molecule has 19 heavy (non-hydrogen) atoms. The number of halogens is 4. The van der Waals surface area contributed by atoms with Crippen molar-refractivity contribution in [3.63, 3.8) is 0 Å². The average molecular weight is 347 g/mol. The minimum Gasteiger partial charge on any atom is -0.324 e. The normalized spacial score (nSPS) is 12.5. The lowest BCUT2D eigenvalue weighted by molar-refractivity contribution is 0.557. The Morgan fingerprint density at radius 2 is 1.84 bits per heavy atom. The van der Waals surface area contributed by atoms with E-state index in [1.807, 2.05) is 12.1 Å². The summed E-state index contributed by atoms with van der Waals surface area (Å²) in [5.41, 5.74) is 6.88. The van der Waals surface area contributed by atoms with E-state index < -0.39 is 17.7 Å². The lowest BCUT2D eigenvalue weighted by Gasteiger charge is -2.14. The van der Waals surface area contributed by atoms with E-state index in [-0.39, 0.29) is 10.0 Å². The molecular formula is C14H11BrClF2N. The van der Waals surface area contributed by atoms with Gasteiger partial charge in [0, 0.05) is 16.6 Å². The van der Waals surface area contributed by atoms with Crippen LogP contribution in [0, 0.1) is 11.6 Å². The van der Waals surface area contributed by atoms with Gasteiger partial charge >= 0.3 is 0 Å². The molecule has 2 N–H and O–H groups in total. The molecule has 0 spiro atoms. The van der Waals surface area contributed by atoms with Crippen molar-refractivity contribution < 1.29 is 8.78 Å². The number of hydrogen-bond acceptors (Lipinski definition) is 1. The molecule has 1 nitrogen and oxygen atoms in total. The quantitative estimate of drug-likeness (QED) is 0.806. The zero-order valence-electron chi connectivity index (χ0n) is 9.84. The first-order valence-electron chi connectivity index (χ1n) is 5.62. The molecule has 0 heterocycles. The standard InChI is InChI=1S/C14H11BrClF2N/c15-10-7-12(17)9(6-13(10)18)14(19)5-8-3-1-2-4-11(8)16/h1-4,6-7,14H,5,19H2. The SMILES string of the molecule is NC(Cc1ccccc1Cl)c1cc(F)c(Br)cc1F. The monoisotopic (exact) mass is 345 g/mol. The van der Waals surface area contributed by atoms with Crippen LogP contribution in [0.2, 0.25) is 5.02 Å². The summed E-state index contributed by atoms with van der Waals surface area (Å²) >= 11 is 8.95. The molecule has 0 bridgehead atoms. The molecule has 0 amide bonds. The average Bonchev–Trinajstić information content (AvgIpc) is 2.36. The van der Waals surface area contributed by atoms with Crippen LogP contribution < -0.4 is 5.73 Å². The van der Waals surface area contributed by atoms with Gasteiger partial charge in [0.15, 0.2) is 0 Å². The topological polar surface area (TPSA) is 26.0 Å². The van der Waals surface area contributed by atoms with Crippen LogP contribution in [-0.4, -0.2) is 0 Å². The van der Waals surface area contributed by atoms with E-state index >= 15 is 0 Å². The van der Waals surface area contributed by atoms with Crippen LogP contribution in [0.5, 0.6) is 0 Å². The highest BCUT2D eigenvalue weighted by atomic mass is 79.9. The highest BCUT2D eigenvalue weighted by molar-refractivity contribution is 9.10. The zero-order chi connectivity index (χ0) is 14.0. The molecule has 5 heteroatoms. The van der Waals surface area contributed by atoms with E-state index in [1.165, 1.54) is 0 Å². The Balaban J connectivity index is 2.28. The fraction of sp³-hybridized carbons (Fsp3) is 0.143. The summed E-state index contributed by atoms with van der Waals surface area (Å²) in [6.45, 7) is 0. The first-order valence-corrected chi connectivity index (χ1v) is 6.79. The smallest absolute Gasteiger partial charge is 0.137 e. The minimum atomic E-state index is -0.650. The second kappa shape index (κ2) is 5.99. The number of hydrogen-bond donors (Lipinski definition) is 1. The van der Waals surface area contributed by atoms with E-state index in [9.17, 15) is 8.78 Å². The number of benzene rings is 2. The van der Waals surface area contributed by atoms with Crippen molar-refractivity contribution in [1.82, 2.24) is 0 Å². The van der Waals surface area contributed by atoms with Crippen LogP contribution in [0.4, 0.5) is 8.78 Å². The molecule has 2 rings (SSSR count). The summed E-state index contributed by atoms with van der Waals surface area (Å²) in [4.78, 5) is 0. The van der Waals surface area contributed by atoms with E-state index in [2.05, 4.69) is 15.9 Å². The van der Waals surface area contributed by atoms with Crippen molar-refractivity contribution in [3.05, 3.63) is 68.7 Å². The second-order valence-electron chi connectivity index (χ2n) is 4.19. The van der Waals surface area contributed by atoms with Crippen LogP contribution in [-0.2, 0) is 6.42 Å². The van der Waals surface area contributed by atoms with E-state index in [4.69, 9.17) is 17.3 Å². The van der Waals surface area contributed by atoms with Crippen LogP contribution in [0.3, 0.4) is 0 Å². The highest BCUT2D eigenvalue weighted by Gasteiger charge is 2.16. The van der Waals surface area contributed by atoms with Crippen molar-refractivity contribution >= 4 is 27.5 Å². The predicted molar refractivity (Wildman–Crippen MR) is 76.1 cm³/mol. The summed E-state index contributed by atoms with van der Waals surface area (Å²) in [7, 11) is 0. The lowest BCUT2D eigenvalue weighted by atomic mass is 9.99. The van der Waals surface area contributed by atoms with Gasteiger partial charge in [-0.25, -0.2) is 8.78 Å². The van der Waals surface area contributed by atoms with Crippen molar-refractivity contribution in [1.29, 1.82) is 0 Å². The third-order valence-corrected chi connectivity index (χ3v) is 3.81. The molecule has 2 aromatic rings. The Labute approximate surface area is 123 Å². The van der Waals surface area contributed by atoms with Crippen LogP contribution >= 0.6 is 27.5 Å². The van der Waals surface area contributed by atoms with Gasteiger partial charge in [-0.05, 0) is 46.1 Å². The van der Waals surface area contributed by atoms with Gasteiger partial charge < -0.3 is 5.73 Å². The summed E-state index contributed by atoms with van der Waals surface area (Å²) in [6.07, 6.45) is 0.345. The molecule has 0 aliphatic carbocycles. The molecule has 2 aromatic carbocycles. The maximum absolute atomic E-state index is 13.8. The van der Waals surface area contributed by atoms with Gasteiger partial charge in [-0.1, -0.05) is 29.8 Å². The van der Waals surface area contributed by atoms with Gasteiger partial charge in [-0.2, -0.15) is 0 Å². The summed E-state index contributed by atoms with van der Waals surface area (Å²) in [5.74, 6) is -1.07. The van der Waals surface area contributed by atoms with Gasteiger partial charge in [0.2, 0.25) is 0 Å².